The van der Waals surface area contributed by atoms with E-state index in [4.69, 9.17) is 5.26 Å². The third kappa shape index (κ3) is 3.59. The molecule has 5 heteroatoms. The zero-order valence-electron chi connectivity index (χ0n) is 13.4. The van der Waals surface area contributed by atoms with Gasteiger partial charge in [0, 0.05) is 24.5 Å². The number of rotatable bonds is 4. The standard InChI is InChI=1S/C18H21N5/c1-2-16-8-3-4-11-23(16)17-9-10-20-18(22-17)21-15-7-5-6-14(12-15)13-19/h5-7,9-10,12,16H,2-4,8,11H2,1H3,(H,20,21,22). The second-order valence-corrected chi connectivity index (χ2v) is 5.81. The zero-order valence-corrected chi connectivity index (χ0v) is 13.4. The van der Waals surface area contributed by atoms with Crippen molar-refractivity contribution < 1.29 is 0 Å². The van der Waals surface area contributed by atoms with Gasteiger partial charge in [-0.3, -0.25) is 0 Å². The van der Waals surface area contributed by atoms with E-state index in [0.29, 0.717) is 17.6 Å². The lowest BCUT2D eigenvalue weighted by Gasteiger charge is -2.36. The van der Waals surface area contributed by atoms with Crippen LogP contribution in [0.1, 0.15) is 38.2 Å². The molecule has 1 aliphatic rings. The van der Waals surface area contributed by atoms with Crippen molar-refractivity contribution in [2.75, 3.05) is 16.8 Å². The molecule has 0 radical (unpaired) electrons. The summed E-state index contributed by atoms with van der Waals surface area (Å²) in [6, 6.07) is 12.0. The van der Waals surface area contributed by atoms with Gasteiger partial charge < -0.3 is 10.2 Å². The Morgan fingerprint density at radius 2 is 2.26 bits per heavy atom. The van der Waals surface area contributed by atoms with E-state index in [2.05, 4.69) is 33.2 Å². The lowest BCUT2D eigenvalue weighted by molar-refractivity contribution is 0.447. The van der Waals surface area contributed by atoms with Crippen LogP contribution in [0.15, 0.2) is 36.5 Å². The summed E-state index contributed by atoms with van der Waals surface area (Å²) in [5.41, 5.74) is 1.44. The van der Waals surface area contributed by atoms with Gasteiger partial charge >= 0.3 is 0 Å². The molecule has 0 saturated carbocycles. The van der Waals surface area contributed by atoms with E-state index < -0.39 is 0 Å². The summed E-state index contributed by atoms with van der Waals surface area (Å²) < 4.78 is 0. The van der Waals surface area contributed by atoms with Crippen LogP contribution in [0.2, 0.25) is 0 Å². The normalized spacial score (nSPS) is 17.6. The van der Waals surface area contributed by atoms with Gasteiger partial charge in [-0.15, -0.1) is 0 Å². The molecular formula is C18H21N5. The maximum atomic E-state index is 8.98. The first kappa shape index (κ1) is 15.3. The van der Waals surface area contributed by atoms with Crippen molar-refractivity contribution in [1.82, 2.24) is 9.97 Å². The van der Waals surface area contributed by atoms with Crippen molar-refractivity contribution in [3.8, 4) is 6.07 Å². The van der Waals surface area contributed by atoms with Crippen molar-refractivity contribution >= 4 is 17.5 Å². The Labute approximate surface area is 137 Å². The predicted molar refractivity (Wildman–Crippen MR) is 91.7 cm³/mol. The minimum Gasteiger partial charge on any atom is -0.353 e. The Balaban J connectivity index is 1.80. The molecule has 0 aliphatic carbocycles. The van der Waals surface area contributed by atoms with Crippen LogP contribution < -0.4 is 10.2 Å². The first-order valence-electron chi connectivity index (χ1n) is 8.17. The molecule has 1 aromatic heterocycles. The molecule has 1 fully saturated rings. The van der Waals surface area contributed by atoms with E-state index in [0.717, 1.165) is 24.5 Å². The quantitative estimate of drug-likeness (QED) is 0.929. The Hall–Kier alpha value is -2.61. The zero-order chi connectivity index (χ0) is 16.1. The van der Waals surface area contributed by atoms with Gasteiger partial charge in [-0.25, -0.2) is 4.98 Å². The summed E-state index contributed by atoms with van der Waals surface area (Å²) in [5.74, 6) is 1.54. The predicted octanol–water partition coefficient (Wildman–Crippen LogP) is 3.86. The van der Waals surface area contributed by atoms with Gasteiger partial charge in [-0.05, 0) is 49.9 Å². The molecule has 1 aromatic carbocycles. The molecule has 1 N–H and O–H groups in total. The third-order valence-electron chi connectivity index (χ3n) is 4.28. The van der Waals surface area contributed by atoms with Gasteiger partial charge in [0.1, 0.15) is 5.82 Å². The van der Waals surface area contributed by atoms with Gasteiger partial charge in [0.05, 0.1) is 11.6 Å². The first-order chi connectivity index (χ1) is 11.3. The summed E-state index contributed by atoms with van der Waals surface area (Å²) in [4.78, 5) is 11.4. The fraction of sp³-hybridized carbons (Fsp3) is 0.389. The highest BCUT2D eigenvalue weighted by atomic mass is 15.2. The van der Waals surface area contributed by atoms with Gasteiger partial charge in [0.2, 0.25) is 5.95 Å². The van der Waals surface area contributed by atoms with Crippen LogP contribution in [0.4, 0.5) is 17.5 Å². The number of hydrogen-bond donors (Lipinski definition) is 1. The number of anilines is 3. The topological polar surface area (TPSA) is 64.8 Å². The summed E-state index contributed by atoms with van der Waals surface area (Å²) in [6.45, 7) is 3.29. The van der Waals surface area contributed by atoms with E-state index in [1.54, 1.807) is 18.3 Å². The van der Waals surface area contributed by atoms with Crippen LogP contribution in [0.3, 0.4) is 0 Å². The molecule has 2 heterocycles. The SMILES string of the molecule is CCC1CCCCN1c1ccnc(Nc2cccc(C#N)c2)n1. The largest absolute Gasteiger partial charge is 0.353 e. The molecule has 5 nitrogen and oxygen atoms in total. The molecule has 2 aromatic rings. The monoisotopic (exact) mass is 307 g/mol. The maximum Gasteiger partial charge on any atom is 0.229 e. The minimum absolute atomic E-state index is 0.563. The molecule has 118 valence electrons. The smallest absolute Gasteiger partial charge is 0.229 e. The first-order valence-corrected chi connectivity index (χ1v) is 8.17. The number of hydrogen-bond acceptors (Lipinski definition) is 5. The third-order valence-corrected chi connectivity index (χ3v) is 4.28. The second kappa shape index (κ2) is 7.10. The average Bonchev–Trinajstić information content (AvgIpc) is 2.62. The van der Waals surface area contributed by atoms with Crippen LogP contribution in [0.5, 0.6) is 0 Å². The van der Waals surface area contributed by atoms with Crippen molar-refractivity contribution in [3.05, 3.63) is 42.1 Å². The Morgan fingerprint density at radius 3 is 3.09 bits per heavy atom. The van der Waals surface area contributed by atoms with Gasteiger partial charge in [0.25, 0.3) is 0 Å². The van der Waals surface area contributed by atoms with Gasteiger partial charge in [-0.2, -0.15) is 10.2 Å². The molecule has 0 bridgehead atoms. The van der Waals surface area contributed by atoms with E-state index >= 15 is 0 Å². The van der Waals surface area contributed by atoms with Crippen LogP contribution in [0, 0.1) is 11.3 Å². The summed E-state index contributed by atoms with van der Waals surface area (Å²) in [5, 5.41) is 12.2. The van der Waals surface area contributed by atoms with Crippen LogP contribution in [-0.2, 0) is 0 Å². The van der Waals surface area contributed by atoms with Crippen LogP contribution in [0.25, 0.3) is 0 Å². The van der Waals surface area contributed by atoms with Crippen molar-refractivity contribution in [2.45, 2.75) is 38.6 Å². The lowest BCUT2D eigenvalue weighted by Crippen LogP contribution is -2.39. The Kier molecular flexibility index (Phi) is 4.72. The van der Waals surface area contributed by atoms with E-state index in [-0.39, 0.29) is 0 Å². The molecule has 1 saturated heterocycles. The van der Waals surface area contributed by atoms with Crippen molar-refractivity contribution in [1.29, 1.82) is 5.26 Å². The van der Waals surface area contributed by atoms with Crippen LogP contribution in [-0.4, -0.2) is 22.6 Å². The molecular weight excluding hydrogens is 286 g/mol. The number of aromatic nitrogens is 2. The molecule has 23 heavy (non-hydrogen) atoms. The van der Waals surface area contributed by atoms with E-state index in [9.17, 15) is 0 Å². The number of nitrogens with one attached hydrogen (secondary N) is 1. The average molecular weight is 307 g/mol. The number of piperidine rings is 1. The minimum atomic E-state index is 0.563. The highest BCUT2D eigenvalue weighted by Crippen LogP contribution is 2.25. The molecule has 1 aliphatic heterocycles. The highest BCUT2D eigenvalue weighted by molar-refractivity contribution is 5.57. The fourth-order valence-corrected chi connectivity index (χ4v) is 3.09. The maximum absolute atomic E-state index is 8.98. The van der Waals surface area contributed by atoms with E-state index in [1.165, 1.54) is 19.3 Å². The summed E-state index contributed by atoms with van der Waals surface area (Å²) in [7, 11) is 0. The lowest BCUT2D eigenvalue weighted by atomic mass is 10.0. The summed E-state index contributed by atoms with van der Waals surface area (Å²) in [6.07, 6.45) is 6.67. The molecule has 3 rings (SSSR count). The van der Waals surface area contributed by atoms with Crippen molar-refractivity contribution in [2.24, 2.45) is 0 Å². The van der Waals surface area contributed by atoms with Gasteiger partial charge in [0.15, 0.2) is 0 Å². The van der Waals surface area contributed by atoms with Crippen molar-refractivity contribution in [3.63, 3.8) is 0 Å². The molecule has 1 unspecified atom stereocenters. The fourth-order valence-electron chi connectivity index (χ4n) is 3.09. The van der Waals surface area contributed by atoms with Gasteiger partial charge in [-0.1, -0.05) is 13.0 Å². The second-order valence-electron chi connectivity index (χ2n) is 5.81. The molecule has 0 spiro atoms. The van der Waals surface area contributed by atoms with Crippen LogP contribution >= 0.6 is 0 Å². The number of nitriles is 1. The molecule has 1 atom stereocenters. The van der Waals surface area contributed by atoms with E-state index in [1.807, 2.05) is 18.2 Å². The summed E-state index contributed by atoms with van der Waals surface area (Å²) >= 11 is 0. The number of nitrogens with zero attached hydrogens (tertiary/aromatic N) is 4. The highest BCUT2D eigenvalue weighted by Gasteiger charge is 2.22. The molecule has 0 amide bonds. The Bertz CT molecular complexity index is 707. The Morgan fingerprint density at radius 1 is 1.35 bits per heavy atom. The number of benzene rings is 1.